The number of hydrogen-bond acceptors (Lipinski definition) is 5. The third kappa shape index (κ3) is 6.32. The summed E-state index contributed by atoms with van der Waals surface area (Å²) in [6.45, 7) is 0. The molecule has 2 aromatic rings. The summed E-state index contributed by atoms with van der Waals surface area (Å²) in [6.07, 6.45) is 4.00. The number of nitrogens with one attached hydrogen (secondary N) is 1. The Balaban J connectivity index is 2.15. The van der Waals surface area contributed by atoms with Gasteiger partial charge in [0, 0.05) is 11.3 Å². The fourth-order valence-electron chi connectivity index (χ4n) is 2.81. The Morgan fingerprint density at radius 3 is 2.56 bits per heavy atom. The van der Waals surface area contributed by atoms with Crippen molar-refractivity contribution < 1.29 is 14.3 Å². The lowest BCUT2D eigenvalue weighted by Crippen LogP contribution is -2.42. The fourth-order valence-corrected chi connectivity index (χ4v) is 3.28. The topological polar surface area (TPSA) is 81.4 Å². The smallest absolute Gasteiger partial charge is 0.328 e. The Morgan fingerprint density at radius 1 is 1.15 bits per heavy atom. The van der Waals surface area contributed by atoms with Gasteiger partial charge in [0.05, 0.1) is 7.11 Å². The van der Waals surface area contributed by atoms with Gasteiger partial charge >= 0.3 is 5.97 Å². The molecule has 27 heavy (non-hydrogen) atoms. The van der Waals surface area contributed by atoms with Crippen LogP contribution in [0.2, 0.25) is 0 Å². The molecular weight excluding hydrogens is 360 g/mol. The normalized spacial score (nSPS) is 11.6. The van der Waals surface area contributed by atoms with E-state index < -0.39 is 12.0 Å². The van der Waals surface area contributed by atoms with Crippen LogP contribution < -0.4 is 11.1 Å². The average molecular weight is 387 g/mol. The number of esters is 1. The molecule has 5 nitrogen and oxygen atoms in total. The first-order valence-electron chi connectivity index (χ1n) is 8.85. The van der Waals surface area contributed by atoms with Crippen molar-refractivity contribution in [3.8, 4) is 0 Å². The molecule has 1 atom stereocenters. The van der Waals surface area contributed by atoms with Crippen molar-refractivity contribution in [3.63, 3.8) is 0 Å². The molecule has 6 heteroatoms. The number of nitrogen functional groups attached to an aromatic ring is 1. The van der Waals surface area contributed by atoms with Gasteiger partial charge in [0.15, 0.2) is 0 Å². The van der Waals surface area contributed by atoms with Gasteiger partial charge in [-0.05, 0) is 54.5 Å². The van der Waals surface area contributed by atoms with Crippen LogP contribution in [0, 0.1) is 0 Å². The van der Waals surface area contributed by atoms with Crippen LogP contribution in [0.3, 0.4) is 0 Å². The number of methoxy groups -OCH3 is 1. The van der Waals surface area contributed by atoms with Crippen molar-refractivity contribution in [1.29, 1.82) is 0 Å². The average Bonchev–Trinajstić information content (AvgIpc) is 2.70. The molecule has 3 N–H and O–H groups in total. The second-order valence-electron chi connectivity index (χ2n) is 6.23. The van der Waals surface area contributed by atoms with Gasteiger partial charge in [0.25, 0.3) is 5.91 Å². The van der Waals surface area contributed by atoms with Crippen LogP contribution in [0.4, 0.5) is 5.69 Å². The third-order valence-corrected chi connectivity index (χ3v) is 4.95. The number of hydrogen-bond donors (Lipinski definition) is 2. The molecule has 0 heterocycles. The van der Waals surface area contributed by atoms with E-state index >= 15 is 0 Å². The van der Waals surface area contributed by atoms with Gasteiger partial charge in [-0.2, -0.15) is 11.8 Å². The summed E-state index contributed by atoms with van der Waals surface area (Å²) in [7, 11) is 1.33. The summed E-state index contributed by atoms with van der Waals surface area (Å²) in [4.78, 5) is 24.8. The number of aryl methyl sites for hydroxylation is 2. The largest absolute Gasteiger partial charge is 0.467 e. The number of nitrogens with two attached hydrogens (primary N) is 1. The Bertz CT molecular complexity index is 765. The summed E-state index contributed by atoms with van der Waals surface area (Å²) < 4.78 is 4.82. The lowest BCUT2D eigenvalue weighted by molar-refractivity contribution is -0.142. The zero-order valence-corrected chi connectivity index (χ0v) is 16.6. The third-order valence-electron chi connectivity index (χ3n) is 4.31. The molecule has 2 aromatic carbocycles. The SMILES string of the molecule is COC(=O)C(CCSC)NC(=O)c1cc(N)ccc1CCc1ccccc1. The molecule has 1 unspecified atom stereocenters. The summed E-state index contributed by atoms with van der Waals surface area (Å²) in [6, 6.07) is 14.8. The van der Waals surface area contributed by atoms with E-state index in [1.54, 1.807) is 23.9 Å². The molecule has 0 saturated heterocycles. The van der Waals surface area contributed by atoms with Gasteiger partial charge in [-0.3, -0.25) is 4.79 Å². The van der Waals surface area contributed by atoms with E-state index in [1.165, 1.54) is 12.7 Å². The predicted molar refractivity (Wildman–Crippen MR) is 111 cm³/mol. The Labute approximate surface area is 164 Å². The molecular formula is C21H26N2O3S. The van der Waals surface area contributed by atoms with E-state index in [1.807, 2.05) is 30.5 Å². The molecule has 1 amide bonds. The maximum Gasteiger partial charge on any atom is 0.328 e. The number of amides is 1. The van der Waals surface area contributed by atoms with Gasteiger partial charge in [-0.25, -0.2) is 4.79 Å². The molecule has 0 radical (unpaired) electrons. The Kier molecular flexibility index (Phi) is 8.20. The monoisotopic (exact) mass is 386 g/mol. The zero-order valence-electron chi connectivity index (χ0n) is 15.7. The number of carbonyl (C=O) groups is 2. The highest BCUT2D eigenvalue weighted by Crippen LogP contribution is 2.17. The maximum atomic E-state index is 12.8. The molecule has 0 aliphatic rings. The summed E-state index contributed by atoms with van der Waals surface area (Å²) >= 11 is 1.61. The number of thioether (sulfide) groups is 1. The van der Waals surface area contributed by atoms with Gasteiger partial charge in [-0.1, -0.05) is 36.4 Å². The van der Waals surface area contributed by atoms with Crippen LogP contribution in [0.1, 0.15) is 27.9 Å². The van der Waals surface area contributed by atoms with Gasteiger partial charge < -0.3 is 15.8 Å². The minimum atomic E-state index is -0.668. The van der Waals surface area contributed by atoms with Crippen molar-refractivity contribution >= 4 is 29.3 Å². The minimum absolute atomic E-state index is 0.304. The van der Waals surface area contributed by atoms with Crippen molar-refractivity contribution in [2.24, 2.45) is 0 Å². The van der Waals surface area contributed by atoms with Crippen molar-refractivity contribution in [2.45, 2.75) is 25.3 Å². The Hall–Kier alpha value is -2.47. The molecule has 0 aliphatic heterocycles. The van der Waals surface area contributed by atoms with Crippen molar-refractivity contribution in [2.75, 3.05) is 24.9 Å². The molecule has 0 fully saturated rings. The van der Waals surface area contributed by atoms with E-state index in [0.29, 0.717) is 24.1 Å². The molecule has 0 spiro atoms. The Morgan fingerprint density at radius 2 is 1.89 bits per heavy atom. The van der Waals surface area contributed by atoms with Gasteiger partial charge in [0.2, 0.25) is 0 Å². The molecule has 0 bridgehead atoms. The predicted octanol–water partition coefficient (Wildman–Crippen LogP) is 3.08. The van der Waals surface area contributed by atoms with Crippen LogP contribution in [-0.2, 0) is 22.4 Å². The first kappa shape index (κ1) is 20.8. The summed E-state index contributed by atoms with van der Waals surface area (Å²) in [5, 5.41) is 2.80. The highest BCUT2D eigenvalue weighted by molar-refractivity contribution is 7.98. The fraction of sp³-hybridized carbons (Fsp3) is 0.333. The lowest BCUT2D eigenvalue weighted by Gasteiger charge is -2.18. The standard InChI is InChI=1S/C21H26N2O3S/c1-26-21(25)19(12-13-27-2)23-20(24)18-14-17(22)11-10-16(18)9-8-15-6-4-3-5-7-15/h3-7,10-11,14,19H,8-9,12-13,22H2,1-2H3,(H,23,24). The minimum Gasteiger partial charge on any atom is -0.467 e. The van der Waals surface area contributed by atoms with Gasteiger partial charge in [-0.15, -0.1) is 0 Å². The van der Waals surface area contributed by atoms with E-state index in [9.17, 15) is 9.59 Å². The van der Waals surface area contributed by atoms with E-state index in [-0.39, 0.29) is 5.91 Å². The first-order chi connectivity index (χ1) is 13.0. The number of anilines is 1. The van der Waals surface area contributed by atoms with E-state index in [2.05, 4.69) is 17.4 Å². The number of benzene rings is 2. The quantitative estimate of drug-likeness (QED) is 0.511. The molecule has 144 valence electrons. The van der Waals surface area contributed by atoms with E-state index in [0.717, 1.165) is 17.7 Å². The highest BCUT2D eigenvalue weighted by atomic mass is 32.2. The van der Waals surface area contributed by atoms with Crippen LogP contribution in [0.15, 0.2) is 48.5 Å². The van der Waals surface area contributed by atoms with Crippen LogP contribution in [0.25, 0.3) is 0 Å². The molecule has 0 aliphatic carbocycles. The van der Waals surface area contributed by atoms with Crippen LogP contribution >= 0.6 is 11.8 Å². The number of ether oxygens (including phenoxy) is 1. The van der Waals surface area contributed by atoms with Crippen molar-refractivity contribution in [1.82, 2.24) is 5.32 Å². The van der Waals surface area contributed by atoms with E-state index in [4.69, 9.17) is 10.5 Å². The second kappa shape index (κ2) is 10.6. The summed E-state index contributed by atoms with van der Waals surface area (Å²) in [5.74, 6) is 0.00619. The van der Waals surface area contributed by atoms with Crippen LogP contribution in [-0.4, -0.2) is 37.0 Å². The summed E-state index contributed by atoms with van der Waals surface area (Å²) in [5.41, 5.74) is 9.02. The van der Waals surface area contributed by atoms with Crippen LogP contribution in [0.5, 0.6) is 0 Å². The number of rotatable bonds is 9. The zero-order chi connectivity index (χ0) is 19.6. The number of carbonyl (C=O) groups excluding carboxylic acids is 2. The molecule has 2 rings (SSSR count). The lowest BCUT2D eigenvalue weighted by atomic mass is 9.98. The molecule has 0 saturated carbocycles. The maximum absolute atomic E-state index is 12.8. The van der Waals surface area contributed by atoms with Crippen molar-refractivity contribution in [3.05, 3.63) is 65.2 Å². The van der Waals surface area contributed by atoms with Gasteiger partial charge in [0.1, 0.15) is 6.04 Å². The second-order valence-corrected chi connectivity index (χ2v) is 7.22. The first-order valence-corrected chi connectivity index (χ1v) is 10.2. The molecule has 0 aromatic heterocycles. The highest BCUT2D eigenvalue weighted by Gasteiger charge is 2.23.